The molecule has 2 rings (SSSR count). The Labute approximate surface area is 136 Å². The molecule has 1 aliphatic rings. The molecule has 1 saturated heterocycles. The molecule has 1 aliphatic heterocycles. The Kier molecular flexibility index (Phi) is 7.02. The van der Waals surface area contributed by atoms with E-state index in [2.05, 4.69) is 21.9 Å². The third-order valence-electron chi connectivity index (χ3n) is 3.22. The second-order valence-electron chi connectivity index (χ2n) is 4.83. The van der Waals surface area contributed by atoms with Gasteiger partial charge in [-0.3, -0.25) is 4.79 Å². The minimum atomic E-state index is -3.62. The number of carbonyl (C=O) groups is 1. The minimum Gasteiger partial charge on any atom is -0.348 e. The van der Waals surface area contributed by atoms with Crippen molar-refractivity contribution in [2.24, 2.45) is 0 Å². The summed E-state index contributed by atoms with van der Waals surface area (Å²) in [6.45, 7) is 5.23. The van der Waals surface area contributed by atoms with Gasteiger partial charge in [-0.2, -0.15) is 0 Å². The van der Waals surface area contributed by atoms with E-state index in [0.29, 0.717) is 5.56 Å². The monoisotopic (exact) mass is 345 g/mol. The van der Waals surface area contributed by atoms with Crippen LogP contribution in [0.1, 0.15) is 16.8 Å². The van der Waals surface area contributed by atoms with Gasteiger partial charge >= 0.3 is 0 Å². The van der Waals surface area contributed by atoms with E-state index in [1.54, 1.807) is 12.1 Å². The molecule has 22 heavy (non-hydrogen) atoms. The van der Waals surface area contributed by atoms with E-state index in [1.165, 1.54) is 18.2 Å². The summed E-state index contributed by atoms with van der Waals surface area (Å²) in [5.74, 6) is -0.260. The molecule has 0 aliphatic carbocycles. The second kappa shape index (κ2) is 8.28. The van der Waals surface area contributed by atoms with E-state index >= 15 is 0 Å². The Bertz CT molecular complexity index is 628. The van der Waals surface area contributed by atoms with Crippen molar-refractivity contribution in [3.8, 4) is 0 Å². The van der Waals surface area contributed by atoms with Crippen LogP contribution in [0.15, 0.2) is 41.8 Å². The van der Waals surface area contributed by atoms with Crippen molar-refractivity contribution >= 4 is 28.3 Å². The highest BCUT2D eigenvalue weighted by Crippen LogP contribution is 2.12. The van der Waals surface area contributed by atoms with Gasteiger partial charge < -0.3 is 10.6 Å². The lowest BCUT2D eigenvalue weighted by Crippen LogP contribution is -2.36. The van der Waals surface area contributed by atoms with Crippen LogP contribution in [0.25, 0.3) is 0 Å². The van der Waals surface area contributed by atoms with E-state index in [9.17, 15) is 13.2 Å². The van der Waals surface area contributed by atoms with Crippen LogP contribution in [0.2, 0.25) is 0 Å². The van der Waals surface area contributed by atoms with Gasteiger partial charge in [-0.25, -0.2) is 13.1 Å². The van der Waals surface area contributed by atoms with Crippen molar-refractivity contribution in [1.29, 1.82) is 0 Å². The molecule has 1 amide bonds. The number of nitrogens with one attached hydrogen (secondary N) is 3. The summed E-state index contributed by atoms with van der Waals surface area (Å²) in [6.07, 6.45) is 2.34. The molecule has 6 nitrogen and oxygen atoms in total. The summed E-state index contributed by atoms with van der Waals surface area (Å²) >= 11 is 0. The zero-order valence-corrected chi connectivity index (χ0v) is 13.7. The van der Waals surface area contributed by atoms with Crippen LogP contribution in [-0.4, -0.2) is 40.0 Å². The Morgan fingerprint density at radius 3 is 2.86 bits per heavy atom. The Balaban J connectivity index is 0.00000242. The molecule has 0 bridgehead atoms. The molecule has 1 unspecified atom stereocenters. The number of amides is 1. The van der Waals surface area contributed by atoms with Gasteiger partial charge in [0.05, 0.1) is 4.90 Å². The van der Waals surface area contributed by atoms with Gasteiger partial charge in [-0.05, 0) is 31.2 Å². The van der Waals surface area contributed by atoms with Crippen molar-refractivity contribution in [3.05, 3.63) is 42.5 Å². The molecule has 0 aromatic heterocycles. The topological polar surface area (TPSA) is 87.3 Å². The van der Waals surface area contributed by atoms with Crippen LogP contribution in [0.4, 0.5) is 0 Å². The number of benzene rings is 1. The van der Waals surface area contributed by atoms with E-state index in [0.717, 1.165) is 19.5 Å². The van der Waals surface area contributed by atoms with Gasteiger partial charge in [0.2, 0.25) is 10.0 Å². The summed E-state index contributed by atoms with van der Waals surface area (Å²) in [6, 6.07) is 6.09. The van der Waals surface area contributed by atoms with Gasteiger partial charge in [0.15, 0.2) is 0 Å². The maximum absolute atomic E-state index is 12.1. The SMILES string of the molecule is C=CCNS(=O)(=O)c1cccc(C(=O)NC2CCNC2)c1.Cl. The van der Waals surface area contributed by atoms with Gasteiger partial charge in [-0.15, -0.1) is 19.0 Å². The zero-order chi connectivity index (χ0) is 15.3. The highest BCUT2D eigenvalue weighted by molar-refractivity contribution is 7.89. The predicted molar refractivity (Wildman–Crippen MR) is 87.8 cm³/mol. The van der Waals surface area contributed by atoms with Gasteiger partial charge in [-0.1, -0.05) is 12.1 Å². The fourth-order valence-corrected chi connectivity index (χ4v) is 3.15. The fraction of sp³-hybridized carbons (Fsp3) is 0.357. The normalized spacial score (nSPS) is 17.5. The molecule has 0 radical (unpaired) electrons. The molecule has 1 fully saturated rings. The Morgan fingerprint density at radius 1 is 1.45 bits per heavy atom. The van der Waals surface area contributed by atoms with E-state index in [-0.39, 0.29) is 35.8 Å². The average Bonchev–Trinajstić information content (AvgIpc) is 2.98. The maximum atomic E-state index is 12.1. The molecule has 1 aromatic carbocycles. The molecule has 1 heterocycles. The van der Waals surface area contributed by atoms with Crippen LogP contribution in [0.5, 0.6) is 0 Å². The number of rotatable bonds is 6. The first kappa shape index (κ1) is 18.6. The zero-order valence-electron chi connectivity index (χ0n) is 12.0. The first-order valence-electron chi connectivity index (χ1n) is 6.75. The lowest BCUT2D eigenvalue weighted by molar-refractivity contribution is 0.0940. The standard InChI is InChI=1S/C14H19N3O3S.ClH/c1-2-7-16-21(19,20)13-5-3-4-11(9-13)14(18)17-12-6-8-15-10-12;/h2-5,9,12,15-16H,1,6-8,10H2,(H,17,18);1H. The Morgan fingerprint density at radius 2 is 2.23 bits per heavy atom. The highest BCUT2D eigenvalue weighted by Gasteiger charge is 2.19. The smallest absolute Gasteiger partial charge is 0.251 e. The number of sulfonamides is 1. The van der Waals surface area contributed by atoms with E-state index in [1.807, 2.05) is 0 Å². The minimum absolute atomic E-state index is 0. The number of carbonyl (C=O) groups excluding carboxylic acids is 1. The van der Waals surface area contributed by atoms with Gasteiger partial charge in [0, 0.05) is 24.7 Å². The molecule has 0 spiro atoms. The quantitative estimate of drug-likeness (QED) is 0.661. The third-order valence-corrected chi connectivity index (χ3v) is 4.64. The number of hydrogen-bond donors (Lipinski definition) is 3. The van der Waals surface area contributed by atoms with E-state index < -0.39 is 10.0 Å². The summed E-state index contributed by atoms with van der Waals surface area (Å²) in [5, 5.41) is 6.04. The van der Waals surface area contributed by atoms with Gasteiger partial charge in [0.1, 0.15) is 0 Å². The second-order valence-corrected chi connectivity index (χ2v) is 6.60. The van der Waals surface area contributed by atoms with Crippen LogP contribution < -0.4 is 15.4 Å². The molecular weight excluding hydrogens is 326 g/mol. The molecular formula is C14H20ClN3O3S. The predicted octanol–water partition coefficient (Wildman–Crippen LogP) is 0.664. The highest BCUT2D eigenvalue weighted by atomic mass is 35.5. The molecule has 8 heteroatoms. The lowest BCUT2D eigenvalue weighted by Gasteiger charge is -2.12. The number of halogens is 1. The molecule has 0 saturated carbocycles. The summed E-state index contributed by atoms with van der Waals surface area (Å²) in [7, 11) is -3.62. The van der Waals surface area contributed by atoms with Crippen LogP contribution in [0.3, 0.4) is 0 Å². The summed E-state index contributed by atoms with van der Waals surface area (Å²) in [4.78, 5) is 12.2. The van der Waals surface area contributed by atoms with Crippen molar-refractivity contribution in [1.82, 2.24) is 15.4 Å². The molecule has 1 aromatic rings. The lowest BCUT2D eigenvalue weighted by atomic mass is 10.2. The van der Waals surface area contributed by atoms with E-state index in [4.69, 9.17) is 0 Å². The largest absolute Gasteiger partial charge is 0.348 e. The molecule has 3 N–H and O–H groups in total. The first-order valence-corrected chi connectivity index (χ1v) is 8.23. The first-order chi connectivity index (χ1) is 10.0. The van der Waals surface area contributed by atoms with Crippen LogP contribution >= 0.6 is 12.4 Å². The summed E-state index contributed by atoms with van der Waals surface area (Å²) < 4.78 is 26.4. The van der Waals surface area contributed by atoms with Crippen LogP contribution in [0, 0.1) is 0 Å². The third kappa shape index (κ3) is 4.81. The van der Waals surface area contributed by atoms with Crippen molar-refractivity contribution in [3.63, 3.8) is 0 Å². The summed E-state index contributed by atoms with van der Waals surface area (Å²) in [5.41, 5.74) is 0.336. The number of hydrogen-bond acceptors (Lipinski definition) is 4. The van der Waals surface area contributed by atoms with Crippen LogP contribution in [-0.2, 0) is 10.0 Å². The maximum Gasteiger partial charge on any atom is 0.251 e. The fourth-order valence-electron chi connectivity index (χ4n) is 2.10. The van der Waals surface area contributed by atoms with Crippen molar-refractivity contribution in [2.75, 3.05) is 19.6 Å². The van der Waals surface area contributed by atoms with Crippen molar-refractivity contribution in [2.45, 2.75) is 17.4 Å². The van der Waals surface area contributed by atoms with Gasteiger partial charge in [0.25, 0.3) is 5.91 Å². The molecule has 122 valence electrons. The van der Waals surface area contributed by atoms with Crippen molar-refractivity contribution < 1.29 is 13.2 Å². The average molecular weight is 346 g/mol. The Hall–Kier alpha value is -1.41. The molecule has 1 atom stereocenters.